The van der Waals surface area contributed by atoms with Crippen molar-refractivity contribution in [2.75, 3.05) is 6.54 Å². The zero-order chi connectivity index (χ0) is 16.9. The van der Waals surface area contributed by atoms with E-state index in [1.165, 1.54) is 0 Å². The summed E-state index contributed by atoms with van der Waals surface area (Å²) >= 11 is 0. The molecule has 0 spiro atoms. The van der Waals surface area contributed by atoms with Crippen molar-refractivity contribution in [2.45, 2.75) is 26.8 Å². The first kappa shape index (κ1) is 16.7. The Hall–Kier alpha value is -2.70. The fraction of sp³-hybridized carbons (Fsp3) is 0.375. The summed E-state index contributed by atoms with van der Waals surface area (Å²) < 4.78 is 1.59. The molecule has 0 saturated heterocycles. The van der Waals surface area contributed by atoms with Crippen molar-refractivity contribution in [3.05, 3.63) is 47.8 Å². The van der Waals surface area contributed by atoms with Gasteiger partial charge in [0.1, 0.15) is 0 Å². The van der Waals surface area contributed by atoms with Crippen molar-refractivity contribution >= 4 is 11.9 Å². The Morgan fingerprint density at radius 3 is 2.61 bits per heavy atom. The quantitative estimate of drug-likeness (QED) is 0.808. The molecule has 2 rings (SSSR count). The zero-order valence-electron chi connectivity index (χ0n) is 13.2. The predicted molar refractivity (Wildman–Crippen MR) is 83.9 cm³/mol. The van der Waals surface area contributed by atoms with Crippen molar-refractivity contribution < 1.29 is 14.7 Å². The van der Waals surface area contributed by atoms with Crippen molar-refractivity contribution in [3.8, 4) is 0 Å². The fourth-order valence-corrected chi connectivity index (χ4v) is 1.94. The third kappa shape index (κ3) is 4.64. The van der Waals surface area contributed by atoms with Crippen molar-refractivity contribution in [2.24, 2.45) is 5.41 Å². The van der Waals surface area contributed by atoms with Crippen LogP contribution in [0.3, 0.4) is 0 Å². The number of amides is 1. The topological polar surface area (TPSA) is 97.1 Å². The molecular weight excluding hydrogens is 296 g/mol. The number of carbonyl (C=O) groups is 2. The summed E-state index contributed by atoms with van der Waals surface area (Å²) in [6.07, 6.45) is 1.91. The van der Waals surface area contributed by atoms with Gasteiger partial charge in [0.15, 0.2) is 5.69 Å². The highest BCUT2D eigenvalue weighted by Crippen LogP contribution is 2.19. The molecule has 23 heavy (non-hydrogen) atoms. The number of carboxylic acid groups (broad SMARTS) is 1. The van der Waals surface area contributed by atoms with Crippen LogP contribution in [0, 0.1) is 5.41 Å². The third-order valence-electron chi connectivity index (χ3n) is 3.57. The van der Waals surface area contributed by atoms with Crippen LogP contribution in [0.25, 0.3) is 0 Å². The monoisotopic (exact) mass is 316 g/mol. The number of hydrogen-bond donors (Lipinski definition) is 2. The lowest BCUT2D eigenvalue weighted by Crippen LogP contribution is -2.32. The van der Waals surface area contributed by atoms with Crippen molar-refractivity contribution in [1.29, 1.82) is 0 Å². The minimum absolute atomic E-state index is 0.217. The standard InChI is InChI=1S/C16H20N4O3/c1-16(2,15(22)23)8-9-17-14(21)13-11-20(19-18-13)10-12-6-4-3-5-7-12/h3-7,11H,8-10H2,1-2H3,(H,17,21)(H,22,23). The zero-order valence-corrected chi connectivity index (χ0v) is 13.2. The van der Waals surface area contributed by atoms with Crippen LogP contribution in [0.5, 0.6) is 0 Å². The first-order valence-electron chi connectivity index (χ1n) is 7.34. The van der Waals surface area contributed by atoms with E-state index in [2.05, 4.69) is 15.6 Å². The molecule has 0 aliphatic heterocycles. The second-order valence-corrected chi connectivity index (χ2v) is 5.98. The Kier molecular flexibility index (Phi) is 5.10. The summed E-state index contributed by atoms with van der Waals surface area (Å²) in [7, 11) is 0. The van der Waals surface area contributed by atoms with E-state index in [0.717, 1.165) is 5.56 Å². The number of rotatable bonds is 7. The molecule has 0 aliphatic carbocycles. The number of aromatic nitrogens is 3. The molecule has 0 aliphatic rings. The molecular formula is C16H20N4O3. The van der Waals surface area contributed by atoms with Gasteiger partial charge in [0.25, 0.3) is 5.91 Å². The van der Waals surface area contributed by atoms with Crippen LogP contribution < -0.4 is 5.32 Å². The first-order chi connectivity index (χ1) is 10.9. The second-order valence-electron chi connectivity index (χ2n) is 5.98. The van der Waals surface area contributed by atoms with Gasteiger partial charge in [-0.25, -0.2) is 4.68 Å². The molecule has 122 valence electrons. The number of benzene rings is 1. The summed E-state index contributed by atoms with van der Waals surface area (Å²) in [5, 5.41) is 19.5. The van der Waals surface area contributed by atoms with Gasteiger partial charge in [-0.05, 0) is 25.8 Å². The van der Waals surface area contributed by atoms with Gasteiger partial charge in [0.2, 0.25) is 0 Å². The minimum Gasteiger partial charge on any atom is -0.481 e. The lowest BCUT2D eigenvalue weighted by molar-refractivity contribution is -0.147. The normalized spacial score (nSPS) is 11.2. The number of carbonyl (C=O) groups excluding carboxylic acids is 1. The molecule has 7 heteroatoms. The summed E-state index contributed by atoms with van der Waals surface area (Å²) in [6.45, 7) is 4.05. The third-order valence-corrected chi connectivity index (χ3v) is 3.57. The number of nitrogens with one attached hydrogen (secondary N) is 1. The van der Waals surface area contributed by atoms with E-state index >= 15 is 0 Å². The summed E-state index contributed by atoms with van der Waals surface area (Å²) in [4.78, 5) is 23.0. The van der Waals surface area contributed by atoms with E-state index in [4.69, 9.17) is 5.11 Å². The molecule has 0 fully saturated rings. The Morgan fingerprint density at radius 2 is 1.96 bits per heavy atom. The maximum absolute atomic E-state index is 12.0. The Bertz CT molecular complexity index is 680. The molecule has 0 unspecified atom stereocenters. The maximum atomic E-state index is 12.0. The molecule has 1 amide bonds. The minimum atomic E-state index is -0.888. The van der Waals surface area contributed by atoms with Crippen LogP contribution in [0.1, 0.15) is 36.3 Å². The molecule has 7 nitrogen and oxygen atoms in total. The lowest BCUT2D eigenvalue weighted by Gasteiger charge is -2.18. The average molecular weight is 316 g/mol. The van der Waals surface area contributed by atoms with Gasteiger partial charge in [0.05, 0.1) is 18.2 Å². The number of aliphatic carboxylic acids is 1. The summed E-state index contributed by atoms with van der Waals surface area (Å²) in [5.74, 6) is -1.24. The van der Waals surface area contributed by atoms with Gasteiger partial charge in [-0.2, -0.15) is 0 Å². The Balaban J connectivity index is 1.88. The van der Waals surface area contributed by atoms with Gasteiger partial charge >= 0.3 is 5.97 Å². The predicted octanol–water partition coefficient (Wildman–Crippen LogP) is 1.56. The van der Waals surface area contributed by atoms with Crippen LogP contribution in [0.4, 0.5) is 0 Å². The molecule has 1 aromatic heterocycles. The Morgan fingerprint density at radius 1 is 1.26 bits per heavy atom. The first-order valence-corrected chi connectivity index (χ1v) is 7.34. The van der Waals surface area contributed by atoms with E-state index < -0.39 is 11.4 Å². The van der Waals surface area contributed by atoms with E-state index in [-0.39, 0.29) is 18.1 Å². The van der Waals surface area contributed by atoms with Crippen LogP contribution in [-0.4, -0.2) is 38.5 Å². The molecule has 2 N–H and O–H groups in total. The van der Waals surface area contributed by atoms with Gasteiger partial charge in [-0.1, -0.05) is 35.5 Å². The molecule has 1 heterocycles. The van der Waals surface area contributed by atoms with Crippen LogP contribution in [0.15, 0.2) is 36.5 Å². The summed E-state index contributed by atoms with van der Waals surface area (Å²) in [5.41, 5.74) is 0.402. The smallest absolute Gasteiger partial charge is 0.309 e. The lowest BCUT2D eigenvalue weighted by atomic mass is 9.90. The molecule has 0 saturated carbocycles. The molecule has 0 radical (unpaired) electrons. The van der Waals surface area contributed by atoms with Crippen LogP contribution in [0.2, 0.25) is 0 Å². The molecule has 0 bridgehead atoms. The van der Waals surface area contributed by atoms with Gasteiger partial charge in [0, 0.05) is 6.54 Å². The number of hydrogen-bond acceptors (Lipinski definition) is 4. The SMILES string of the molecule is CC(C)(CCNC(=O)c1cn(Cc2ccccc2)nn1)C(=O)O. The number of carboxylic acids is 1. The van der Waals surface area contributed by atoms with Crippen molar-refractivity contribution in [1.82, 2.24) is 20.3 Å². The fourth-order valence-electron chi connectivity index (χ4n) is 1.94. The van der Waals surface area contributed by atoms with E-state index in [1.54, 1.807) is 24.7 Å². The Labute approximate surface area is 134 Å². The van der Waals surface area contributed by atoms with Gasteiger partial charge < -0.3 is 10.4 Å². The van der Waals surface area contributed by atoms with Crippen molar-refractivity contribution in [3.63, 3.8) is 0 Å². The van der Waals surface area contributed by atoms with E-state index in [0.29, 0.717) is 13.0 Å². The highest BCUT2D eigenvalue weighted by molar-refractivity contribution is 5.91. The van der Waals surface area contributed by atoms with Gasteiger partial charge in [-0.15, -0.1) is 5.10 Å². The van der Waals surface area contributed by atoms with E-state index in [9.17, 15) is 9.59 Å². The molecule has 0 atom stereocenters. The maximum Gasteiger partial charge on any atom is 0.309 e. The summed E-state index contributed by atoms with van der Waals surface area (Å²) in [6, 6.07) is 9.74. The molecule has 2 aromatic rings. The van der Waals surface area contributed by atoms with Crippen LogP contribution >= 0.6 is 0 Å². The highest BCUT2D eigenvalue weighted by Gasteiger charge is 2.26. The van der Waals surface area contributed by atoms with Crippen LogP contribution in [-0.2, 0) is 11.3 Å². The number of nitrogens with zero attached hydrogens (tertiary/aromatic N) is 3. The van der Waals surface area contributed by atoms with E-state index in [1.807, 2.05) is 30.3 Å². The second kappa shape index (κ2) is 7.04. The largest absolute Gasteiger partial charge is 0.481 e. The average Bonchev–Trinajstić information content (AvgIpc) is 2.96. The highest BCUT2D eigenvalue weighted by atomic mass is 16.4. The molecule has 1 aromatic carbocycles. The van der Waals surface area contributed by atoms with Gasteiger partial charge in [-0.3, -0.25) is 9.59 Å².